The Morgan fingerprint density at radius 3 is 2.46 bits per heavy atom. The number of aliphatic hydroxyl groups excluding tert-OH is 1. The molecule has 2 rings (SSSR count). The molecule has 1 atom stereocenters. The Bertz CT molecular complexity index is 795. The molecule has 0 aliphatic heterocycles. The normalized spacial score (nSPS) is 11.8. The van der Waals surface area contributed by atoms with Crippen LogP contribution in [0.25, 0.3) is 0 Å². The second-order valence-electron chi connectivity index (χ2n) is 6.61. The lowest BCUT2D eigenvalue weighted by molar-refractivity contribution is -0.132. The number of nitrogens with one attached hydrogen (secondary N) is 1. The number of carbonyl (C=O) groups is 2. The molecular formula is C21H25BrN2O4. The van der Waals surface area contributed by atoms with E-state index in [1.165, 1.54) is 11.9 Å². The lowest BCUT2D eigenvalue weighted by Gasteiger charge is -2.23. The van der Waals surface area contributed by atoms with Gasteiger partial charge in [-0.2, -0.15) is 0 Å². The first-order valence-corrected chi connectivity index (χ1v) is 9.91. The van der Waals surface area contributed by atoms with Gasteiger partial charge in [0.05, 0.1) is 11.7 Å². The van der Waals surface area contributed by atoms with Crippen LogP contribution in [0.2, 0.25) is 0 Å². The number of carboxylic acids is 1. The van der Waals surface area contributed by atoms with Crippen LogP contribution in [0.15, 0.2) is 53.0 Å². The summed E-state index contributed by atoms with van der Waals surface area (Å²) in [5, 5.41) is 20.7. The number of carbonyl (C=O) groups excluding carboxylic acids is 1. The highest BCUT2D eigenvalue weighted by Crippen LogP contribution is 2.14. The molecule has 0 aliphatic carbocycles. The van der Waals surface area contributed by atoms with Crippen molar-refractivity contribution in [2.45, 2.75) is 32.3 Å². The Kier molecular flexibility index (Phi) is 8.63. The third kappa shape index (κ3) is 7.42. The van der Waals surface area contributed by atoms with Gasteiger partial charge in [-0.15, -0.1) is 0 Å². The minimum absolute atomic E-state index is 0.115. The monoisotopic (exact) mass is 448 g/mol. The van der Waals surface area contributed by atoms with Crippen molar-refractivity contribution in [1.29, 1.82) is 0 Å². The number of hydrogen-bond acceptors (Lipinski definition) is 4. The Labute approximate surface area is 173 Å². The zero-order valence-electron chi connectivity index (χ0n) is 15.8. The van der Waals surface area contributed by atoms with Crippen molar-refractivity contribution in [2.75, 3.05) is 13.1 Å². The van der Waals surface area contributed by atoms with E-state index in [0.29, 0.717) is 32.4 Å². The predicted octanol–water partition coefficient (Wildman–Crippen LogP) is 3.04. The zero-order valence-corrected chi connectivity index (χ0v) is 17.4. The van der Waals surface area contributed by atoms with E-state index in [0.717, 1.165) is 15.6 Å². The van der Waals surface area contributed by atoms with E-state index >= 15 is 0 Å². The molecule has 150 valence electrons. The van der Waals surface area contributed by atoms with Crippen LogP contribution in [0.1, 0.15) is 34.8 Å². The van der Waals surface area contributed by atoms with Gasteiger partial charge in [-0.1, -0.05) is 40.2 Å². The van der Waals surface area contributed by atoms with Crippen LogP contribution in [0.4, 0.5) is 0 Å². The van der Waals surface area contributed by atoms with Crippen LogP contribution < -0.4 is 5.43 Å². The van der Waals surface area contributed by atoms with Gasteiger partial charge in [0.25, 0.3) is 0 Å². The number of amides is 1. The summed E-state index contributed by atoms with van der Waals surface area (Å²) in [5.74, 6) is -1.07. The van der Waals surface area contributed by atoms with E-state index in [4.69, 9.17) is 5.11 Å². The van der Waals surface area contributed by atoms with E-state index in [9.17, 15) is 14.7 Å². The van der Waals surface area contributed by atoms with E-state index in [1.807, 2.05) is 24.3 Å². The molecular weight excluding hydrogens is 424 g/mol. The summed E-state index contributed by atoms with van der Waals surface area (Å²) in [6.07, 6.45) is 1.11. The smallest absolute Gasteiger partial charge is 0.335 e. The first kappa shape index (κ1) is 22.1. The highest BCUT2D eigenvalue weighted by atomic mass is 79.9. The summed E-state index contributed by atoms with van der Waals surface area (Å²) < 4.78 is 0.973. The van der Waals surface area contributed by atoms with Crippen molar-refractivity contribution in [3.8, 4) is 0 Å². The van der Waals surface area contributed by atoms with Gasteiger partial charge in [-0.3, -0.25) is 9.80 Å². The van der Waals surface area contributed by atoms with E-state index in [-0.39, 0.29) is 11.5 Å². The molecule has 0 aromatic heterocycles. The van der Waals surface area contributed by atoms with Gasteiger partial charge in [0.1, 0.15) is 0 Å². The van der Waals surface area contributed by atoms with Gasteiger partial charge >= 0.3 is 5.97 Å². The number of nitrogens with zero attached hydrogens (tertiary/aromatic N) is 1. The third-order valence-corrected chi connectivity index (χ3v) is 4.84. The van der Waals surface area contributed by atoms with Crippen molar-refractivity contribution in [2.24, 2.45) is 0 Å². The standard InChI is InChI=1S/C21H25BrN2O4/c1-15(25)24(12-10-20(26)14-17-3-2-4-19(22)13-17)23-11-9-16-5-7-18(8-6-16)21(27)28/h2-8,13,20,23,26H,9-12,14H2,1H3,(H,27,28). The Morgan fingerprint density at radius 2 is 1.86 bits per heavy atom. The van der Waals surface area contributed by atoms with E-state index < -0.39 is 12.1 Å². The summed E-state index contributed by atoms with van der Waals surface area (Å²) in [5.41, 5.74) is 5.35. The Hall–Kier alpha value is -2.22. The average Bonchev–Trinajstić information content (AvgIpc) is 2.64. The van der Waals surface area contributed by atoms with Crippen molar-refractivity contribution in [3.63, 3.8) is 0 Å². The van der Waals surface area contributed by atoms with Crippen molar-refractivity contribution in [3.05, 3.63) is 69.7 Å². The van der Waals surface area contributed by atoms with Gasteiger partial charge in [0, 0.05) is 24.5 Å². The molecule has 3 N–H and O–H groups in total. The third-order valence-electron chi connectivity index (χ3n) is 4.34. The fourth-order valence-corrected chi connectivity index (χ4v) is 3.26. The largest absolute Gasteiger partial charge is 0.478 e. The molecule has 2 aromatic rings. The highest BCUT2D eigenvalue weighted by molar-refractivity contribution is 9.10. The van der Waals surface area contributed by atoms with E-state index in [1.54, 1.807) is 24.3 Å². The summed E-state index contributed by atoms with van der Waals surface area (Å²) in [7, 11) is 0. The van der Waals surface area contributed by atoms with Crippen molar-refractivity contribution < 1.29 is 19.8 Å². The van der Waals surface area contributed by atoms with Crippen molar-refractivity contribution >= 4 is 27.8 Å². The molecule has 0 fully saturated rings. The van der Waals surface area contributed by atoms with Gasteiger partial charge < -0.3 is 10.2 Å². The molecule has 0 bridgehead atoms. The van der Waals surface area contributed by atoms with Crippen LogP contribution >= 0.6 is 15.9 Å². The predicted molar refractivity (Wildman–Crippen MR) is 111 cm³/mol. The summed E-state index contributed by atoms with van der Waals surface area (Å²) >= 11 is 3.42. The van der Waals surface area contributed by atoms with E-state index in [2.05, 4.69) is 21.4 Å². The fourth-order valence-electron chi connectivity index (χ4n) is 2.81. The minimum atomic E-state index is -0.950. The highest BCUT2D eigenvalue weighted by Gasteiger charge is 2.12. The van der Waals surface area contributed by atoms with Gasteiger partial charge in [-0.05, 0) is 54.7 Å². The lowest BCUT2D eigenvalue weighted by Crippen LogP contribution is -2.44. The van der Waals surface area contributed by atoms with Crippen LogP contribution in [0, 0.1) is 0 Å². The number of aliphatic hydroxyl groups is 1. The zero-order chi connectivity index (χ0) is 20.5. The molecule has 28 heavy (non-hydrogen) atoms. The number of hydrogen-bond donors (Lipinski definition) is 3. The molecule has 0 spiro atoms. The van der Waals surface area contributed by atoms with Gasteiger partial charge in [0.15, 0.2) is 0 Å². The second kappa shape index (κ2) is 10.9. The lowest BCUT2D eigenvalue weighted by atomic mass is 10.1. The molecule has 0 saturated heterocycles. The molecule has 0 saturated carbocycles. The number of hydrazine groups is 1. The molecule has 0 heterocycles. The first-order valence-electron chi connectivity index (χ1n) is 9.11. The fraction of sp³-hybridized carbons (Fsp3) is 0.333. The summed E-state index contributed by atoms with van der Waals surface area (Å²) in [4.78, 5) is 22.7. The topological polar surface area (TPSA) is 89.9 Å². The maximum atomic E-state index is 11.8. The maximum absolute atomic E-state index is 11.8. The van der Waals surface area contributed by atoms with Crippen molar-refractivity contribution in [1.82, 2.24) is 10.4 Å². The quantitative estimate of drug-likeness (QED) is 0.486. The summed E-state index contributed by atoms with van der Waals surface area (Å²) in [6, 6.07) is 14.5. The summed E-state index contributed by atoms with van der Waals surface area (Å²) in [6.45, 7) is 2.42. The Morgan fingerprint density at radius 1 is 1.14 bits per heavy atom. The number of carboxylic acid groups (broad SMARTS) is 1. The molecule has 6 nitrogen and oxygen atoms in total. The second-order valence-corrected chi connectivity index (χ2v) is 7.52. The SMILES string of the molecule is CC(=O)N(CCC(O)Cc1cccc(Br)c1)NCCc1ccc(C(=O)O)cc1. The van der Waals surface area contributed by atoms with Crippen LogP contribution in [-0.4, -0.2) is 46.3 Å². The molecule has 1 unspecified atom stereocenters. The molecule has 7 heteroatoms. The first-order chi connectivity index (χ1) is 13.3. The van der Waals surface area contributed by atoms with Crippen LogP contribution in [-0.2, 0) is 17.6 Å². The average molecular weight is 449 g/mol. The molecule has 1 amide bonds. The Balaban J connectivity index is 1.77. The number of benzene rings is 2. The van der Waals surface area contributed by atoms with Gasteiger partial charge in [-0.25, -0.2) is 10.2 Å². The number of rotatable bonds is 10. The molecule has 2 aromatic carbocycles. The molecule has 0 radical (unpaired) electrons. The number of halogens is 1. The van der Waals surface area contributed by atoms with Crippen LogP contribution in [0.5, 0.6) is 0 Å². The van der Waals surface area contributed by atoms with Crippen LogP contribution in [0.3, 0.4) is 0 Å². The molecule has 0 aliphatic rings. The van der Waals surface area contributed by atoms with Gasteiger partial charge in [0.2, 0.25) is 5.91 Å². The number of aromatic carboxylic acids is 1. The maximum Gasteiger partial charge on any atom is 0.335 e. The minimum Gasteiger partial charge on any atom is -0.478 e.